The molecule has 1 aromatic carbocycles. The van der Waals surface area contributed by atoms with E-state index in [1.54, 1.807) is 11.8 Å². The molecule has 1 N–H and O–H groups in total. The summed E-state index contributed by atoms with van der Waals surface area (Å²) in [4.78, 5) is 25.1. The van der Waals surface area contributed by atoms with Gasteiger partial charge in [-0.15, -0.1) is 0 Å². The first-order valence-electron chi connectivity index (χ1n) is 6.94. The number of ether oxygens (including phenoxy) is 1. The first-order valence-corrected chi connectivity index (χ1v) is 6.94. The predicted molar refractivity (Wildman–Crippen MR) is 75.3 cm³/mol. The second kappa shape index (κ2) is 6.93. The molecule has 5 heteroatoms. The summed E-state index contributed by atoms with van der Waals surface area (Å²) in [6.07, 6.45) is 0.850. The van der Waals surface area contributed by atoms with Crippen molar-refractivity contribution in [2.24, 2.45) is 0 Å². The first-order chi connectivity index (χ1) is 9.69. The second-order valence-electron chi connectivity index (χ2n) is 4.86. The van der Waals surface area contributed by atoms with Gasteiger partial charge in [0, 0.05) is 19.1 Å². The van der Waals surface area contributed by atoms with Crippen LogP contribution in [0.4, 0.5) is 4.79 Å². The lowest BCUT2D eigenvalue weighted by atomic mass is 10.1. The molecule has 1 unspecified atom stereocenters. The van der Waals surface area contributed by atoms with E-state index in [0.29, 0.717) is 26.1 Å². The van der Waals surface area contributed by atoms with Gasteiger partial charge in [-0.2, -0.15) is 0 Å². The number of carbonyl (C=O) groups is 2. The van der Waals surface area contributed by atoms with Crippen molar-refractivity contribution in [1.82, 2.24) is 10.2 Å². The summed E-state index contributed by atoms with van der Waals surface area (Å²) in [5, 5.41) is 2.97. The molecule has 1 heterocycles. The number of hydrogen-bond acceptors (Lipinski definition) is 3. The predicted octanol–water partition coefficient (Wildman–Crippen LogP) is 1.58. The number of nitrogens with zero attached hydrogens (tertiary/aromatic N) is 1. The van der Waals surface area contributed by atoms with E-state index in [2.05, 4.69) is 5.32 Å². The van der Waals surface area contributed by atoms with E-state index < -0.39 is 0 Å². The van der Waals surface area contributed by atoms with Crippen LogP contribution in [0.3, 0.4) is 0 Å². The average Bonchev–Trinajstić information content (AvgIpc) is 2.88. The molecule has 0 aliphatic carbocycles. The second-order valence-corrected chi connectivity index (χ2v) is 4.86. The molecular weight excluding hydrogens is 256 g/mol. The third-order valence-corrected chi connectivity index (χ3v) is 3.29. The summed E-state index contributed by atoms with van der Waals surface area (Å²) in [6.45, 7) is 3.32. The summed E-state index contributed by atoms with van der Waals surface area (Å²) in [7, 11) is 0. The molecule has 108 valence electrons. The van der Waals surface area contributed by atoms with Gasteiger partial charge < -0.3 is 15.0 Å². The molecule has 0 radical (unpaired) electrons. The fourth-order valence-corrected chi connectivity index (χ4v) is 2.32. The van der Waals surface area contributed by atoms with Gasteiger partial charge in [0.15, 0.2) is 0 Å². The topological polar surface area (TPSA) is 58.6 Å². The zero-order valence-corrected chi connectivity index (χ0v) is 11.7. The summed E-state index contributed by atoms with van der Waals surface area (Å²) in [6, 6.07) is 9.64. The van der Waals surface area contributed by atoms with Crippen LogP contribution in [0.25, 0.3) is 0 Å². The number of nitrogens with one attached hydrogen (secondary N) is 1. The zero-order chi connectivity index (χ0) is 14.4. The third-order valence-electron chi connectivity index (χ3n) is 3.29. The zero-order valence-electron chi connectivity index (χ0n) is 11.7. The number of carbonyl (C=O) groups excluding carboxylic acids is 2. The van der Waals surface area contributed by atoms with E-state index in [4.69, 9.17) is 4.74 Å². The largest absolute Gasteiger partial charge is 0.450 e. The number of rotatable bonds is 4. The Morgan fingerprint density at radius 1 is 1.35 bits per heavy atom. The van der Waals surface area contributed by atoms with Gasteiger partial charge in [-0.25, -0.2) is 4.79 Å². The van der Waals surface area contributed by atoms with Crippen LogP contribution in [0.15, 0.2) is 30.3 Å². The Bertz CT molecular complexity index is 461. The molecule has 2 rings (SSSR count). The van der Waals surface area contributed by atoms with Crippen LogP contribution >= 0.6 is 0 Å². The van der Waals surface area contributed by atoms with Crippen molar-refractivity contribution in [1.29, 1.82) is 0 Å². The third kappa shape index (κ3) is 3.98. The fourth-order valence-electron chi connectivity index (χ4n) is 2.32. The maximum absolute atomic E-state index is 11.9. The molecule has 5 nitrogen and oxygen atoms in total. The molecular formula is C15H20N2O3. The van der Waals surface area contributed by atoms with Gasteiger partial charge in [-0.1, -0.05) is 30.3 Å². The molecule has 0 aromatic heterocycles. The SMILES string of the molecule is CCOC(=O)N1CCC(NC(=O)Cc2ccccc2)C1. The monoisotopic (exact) mass is 276 g/mol. The van der Waals surface area contributed by atoms with Gasteiger partial charge in [-0.3, -0.25) is 4.79 Å². The quantitative estimate of drug-likeness (QED) is 0.908. The van der Waals surface area contributed by atoms with E-state index in [9.17, 15) is 9.59 Å². The summed E-state index contributed by atoms with van der Waals surface area (Å²) >= 11 is 0. The number of amides is 2. The molecule has 2 amide bonds. The van der Waals surface area contributed by atoms with Gasteiger partial charge in [0.2, 0.25) is 5.91 Å². The summed E-state index contributed by atoms with van der Waals surface area (Å²) in [5.41, 5.74) is 0.991. The first kappa shape index (κ1) is 14.4. The van der Waals surface area contributed by atoms with E-state index in [1.165, 1.54) is 0 Å². The van der Waals surface area contributed by atoms with Crippen LogP contribution in [-0.4, -0.2) is 42.6 Å². The van der Waals surface area contributed by atoms with Crippen molar-refractivity contribution < 1.29 is 14.3 Å². The van der Waals surface area contributed by atoms with Crippen molar-refractivity contribution in [2.75, 3.05) is 19.7 Å². The molecule has 1 atom stereocenters. The minimum absolute atomic E-state index is 0.00749. The lowest BCUT2D eigenvalue weighted by molar-refractivity contribution is -0.121. The lowest BCUT2D eigenvalue weighted by Crippen LogP contribution is -2.39. The maximum Gasteiger partial charge on any atom is 0.409 e. The molecule has 0 spiro atoms. The number of likely N-dealkylation sites (tertiary alicyclic amines) is 1. The van der Waals surface area contributed by atoms with Crippen molar-refractivity contribution in [2.45, 2.75) is 25.8 Å². The molecule has 0 bridgehead atoms. The van der Waals surface area contributed by atoms with E-state index in [1.807, 2.05) is 30.3 Å². The van der Waals surface area contributed by atoms with Gasteiger partial charge in [0.25, 0.3) is 0 Å². The van der Waals surface area contributed by atoms with Gasteiger partial charge >= 0.3 is 6.09 Å². The van der Waals surface area contributed by atoms with Crippen molar-refractivity contribution in [3.8, 4) is 0 Å². The Labute approximate surface area is 118 Å². The standard InChI is InChI=1S/C15H20N2O3/c1-2-20-15(19)17-9-8-13(11-17)16-14(18)10-12-6-4-3-5-7-12/h3-7,13H,2,8-11H2,1H3,(H,16,18). The molecule has 1 aliphatic heterocycles. The highest BCUT2D eigenvalue weighted by Crippen LogP contribution is 2.11. The molecule has 20 heavy (non-hydrogen) atoms. The Balaban J connectivity index is 1.77. The number of hydrogen-bond donors (Lipinski definition) is 1. The lowest BCUT2D eigenvalue weighted by Gasteiger charge is -2.16. The molecule has 1 aromatic rings. The van der Waals surface area contributed by atoms with Crippen LogP contribution in [-0.2, 0) is 16.0 Å². The molecule has 1 aliphatic rings. The van der Waals surface area contributed by atoms with Crippen LogP contribution in [0.1, 0.15) is 18.9 Å². The summed E-state index contributed by atoms with van der Waals surface area (Å²) < 4.78 is 4.95. The van der Waals surface area contributed by atoms with Crippen LogP contribution in [0, 0.1) is 0 Å². The van der Waals surface area contributed by atoms with Gasteiger partial charge in [0.05, 0.1) is 13.0 Å². The van der Waals surface area contributed by atoms with Crippen LogP contribution in [0.2, 0.25) is 0 Å². The van der Waals surface area contributed by atoms with Crippen molar-refractivity contribution in [3.63, 3.8) is 0 Å². The number of benzene rings is 1. The average molecular weight is 276 g/mol. The maximum atomic E-state index is 11.9. The Hall–Kier alpha value is -2.04. The van der Waals surface area contributed by atoms with Gasteiger partial charge in [-0.05, 0) is 18.9 Å². The molecule has 1 saturated heterocycles. The summed E-state index contributed by atoms with van der Waals surface area (Å²) in [5.74, 6) is -0.00749. The molecule has 1 fully saturated rings. The smallest absolute Gasteiger partial charge is 0.409 e. The van der Waals surface area contributed by atoms with Crippen molar-refractivity contribution >= 4 is 12.0 Å². The highest BCUT2D eigenvalue weighted by atomic mass is 16.6. The molecule has 0 saturated carbocycles. The Kier molecular flexibility index (Phi) is 4.98. The Morgan fingerprint density at radius 3 is 2.80 bits per heavy atom. The highest BCUT2D eigenvalue weighted by Gasteiger charge is 2.27. The normalized spacial score (nSPS) is 17.9. The highest BCUT2D eigenvalue weighted by molar-refractivity contribution is 5.79. The van der Waals surface area contributed by atoms with Gasteiger partial charge in [0.1, 0.15) is 0 Å². The van der Waals surface area contributed by atoms with E-state index >= 15 is 0 Å². The van der Waals surface area contributed by atoms with Crippen LogP contribution in [0.5, 0.6) is 0 Å². The van der Waals surface area contributed by atoms with Crippen molar-refractivity contribution in [3.05, 3.63) is 35.9 Å². The minimum Gasteiger partial charge on any atom is -0.450 e. The Morgan fingerprint density at radius 2 is 2.10 bits per heavy atom. The van der Waals surface area contributed by atoms with Crippen LogP contribution < -0.4 is 5.32 Å². The minimum atomic E-state index is -0.299. The van der Waals surface area contributed by atoms with E-state index in [-0.39, 0.29) is 18.0 Å². The van der Waals surface area contributed by atoms with E-state index in [0.717, 1.165) is 12.0 Å². The fraction of sp³-hybridized carbons (Fsp3) is 0.467.